The molecule has 114 valence electrons. The third-order valence-corrected chi connectivity index (χ3v) is 3.68. The highest BCUT2D eigenvalue weighted by Crippen LogP contribution is 2.21. The van der Waals surface area contributed by atoms with Gasteiger partial charge in [-0.2, -0.15) is 0 Å². The summed E-state index contributed by atoms with van der Waals surface area (Å²) in [6, 6.07) is 13.3. The van der Waals surface area contributed by atoms with E-state index in [1.807, 2.05) is 30.3 Å². The van der Waals surface area contributed by atoms with Gasteiger partial charge in [-0.15, -0.1) is 0 Å². The number of benzene rings is 1. The number of hydroxylamine groups is 1. The molecule has 1 amide bonds. The third kappa shape index (κ3) is 3.43. The second-order valence-corrected chi connectivity index (χ2v) is 5.27. The summed E-state index contributed by atoms with van der Waals surface area (Å²) in [5.74, 6) is 0.478. The zero-order valence-corrected chi connectivity index (χ0v) is 12.4. The first-order chi connectivity index (χ1) is 10.8. The molecule has 1 aromatic heterocycles. The van der Waals surface area contributed by atoms with E-state index in [1.165, 1.54) is 0 Å². The average Bonchev–Trinajstić information content (AvgIpc) is 3.10. The normalized spacial score (nSPS) is 14.1. The molecule has 1 saturated heterocycles. The van der Waals surface area contributed by atoms with Crippen LogP contribution in [0, 0.1) is 0 Å². The Morgan fingerprint density at radius 3 is 2.68 bits per heavy atom. The summed E-state index contributed by atoms with van der Waals surface area (Å²) in [5.41, 5.74) is 4.07. The lowest BCUT2D eigenvalue weighted by Crippen LogP contribution is -2.28. The Bertz CT molecular complexity index is 625. The second-order valence-electron chi connectivity index (χ2n) is 5.27. The van der Waals surface area contributed by atoms with E-state index in [1.54, 1.807) is 18.3 Å². The van der Waals surface area contributed by atoms with E-state index in [4.69, 9.17) is 4.84 Å². The fourth-order valence-electron chi connectivity index (χ4n) is 2.57. The maximum absolute atomic E-state index is 12.3. The van der Waals surface area contributed by atoms with E-state index >= 15 is 0 Å². The highest BCUT2D eigenvalue weighted by atomic mass is 16.6. The van der Waals surface area contributed by atoms with Gasteiger partial charge in [0.25, 0.3) is 5.91 Å². The Labute approximate surface area is 129 Å². The molecular weight excluding hydrogens is 278 g/mol. The number of carbonyl (C=O) groups is 1. The van der Waals surface area contributed by atoms with Crippen LogP contribution in [0.3, 0.4) is 0 Å². The first-order valence-electron chi connectivity index (χ1n) is 7.50. The topological polar surface area (TPSA) is 54.5 Å². The molecule has 0 radical (unpaired) electrons. The molecule has 1 fully saturated rings. The smallest absolute Gasteiger partial charge is 0.278 e. The Morgan fingerprint density at radius 2 is 1.91 bits per heavy atom. The highest BCUT2D eigenvalue weighted by Gasteiger charge is 2.20. The minimum absolute atomic E-state index is 0.258. The minimum Gasteiger partial charge on any atom is -0.356 e. The molecule has 0 aliphatic carbocycles. The monoisotopic (exact) mass is 297 g/mol. The molecule has 1 aromatic carbocycles. The van der Waals surface area contributed by atoms with Crippen molar-refractivity contribution in [2.45, 2.75) is 19.4 Å². The van der Waals surface area contributed by atoms with Gasteiger partial charge in [-0.1, -0.05) is 30.3 Å². The van der Waals surface area contributed by atoms with Crippen LogP contribution in [0.15, 0.2) is 48.7 Å². The third-order valence-electron chi connectivity index (χ3n) is 3.68. The molecule has 1 aliphatic heterocycles. The standard InChI is InChI=1S/C17H19N3O2/c21-17(19-22-13-14-7-2-1-3-8-14)15-9-6-10-18-16(15)20-11-4-5-12-20/h1-3,6-10H,4-5,11-13H2,(H,19,21). The Kier molecular flexibility index (Phi) is 4.65. The summed E-state index contributed by atoms with van der Waals surface area (Å²) < 4.78 is 0. The molecule has 0 bridgehead atoms. The van der Waals surface area contributed by atoms with Crippen molar-refractivity contribution in [3.63, 3.8) is 0 Å². The zero-order chi connectivity index (χ0) is 15.2. The molecule has 0 unspecified atom stereocenters. The second kappa shape index (κ2) is 7.04. The molecule has 0 spiro atoms. The van der Waals surface area contributed by atoms with Gasteiger partial charge in [-0.25, -0.2) is 10.5 Å². The van der Waals surface area contributed by atoms with E-state index in [2.05, 4.69) is 15.4 Å². The Morgan fingerprint density at radius 1 is 1.14 bits per heavy atom. The number of rotatable bonds is 5. The summed E-state index contributed by atoms with van der Waals surface area (Å²) >= 11 is 0. The fraction of sp³-hybridized carbons (Fsp3) is 0.294. The van der Waals surface area contributed by atoms with Crippen LogP contribution in [0.5, 0.6) is 0 Å². The largest absolute Gasteiger partial charge is 0.356 e. The fourth-order valence-corrected chi connectivity index (χ4v) is 2.57. The van der Waals surface area contributed by atoms with Crippen LogP contribution in [0.2, 0.25) is 0 Å². The predicted molar refractivity (Wildman–Crippen MR) is 84.4 cm³/mol. The van der Waals surface area contributed by atoms with E-state index in [0.29, 0.717) is 12.2 Å². The van der Waals surface area contributed by atoms with E-state index in [-0.39, 0.29) is 5.91 Å². The van der Waals surface area contributed by atoms with Crippen molar-refractivity contribution in [1.82, 2.24) is 10.5 Å². The van der Waals surface area contributed by atoms with Gasteiger partial charge in [-0.05, 0) is 30.5 Å². The number of pyridine rings is 1. The van der Waals surface area contributed by atoms with Crippen LogP contribution in [0.4, 0.5) is 5.82 Å². The SMILES string of the molecule is O=C(NOCc1ccccc1)c1cccnc1N1CCCC1. The number of hydrogen-bond donors (Lipinski definition) is 1. The van der Waals surface area contributed by atoms with Crippen LogP contribution in [0.25, 0.3) is 0 Å². The molecule has 0 saturated carbocycles. The first kappa shape index (κ1) is 14.5. The van der Waals surface area contributed by atoms with Gasteiger partial charge in [0, 0.05) is 19.3 Å². The van der Waals surface area contributed by atoms with Crippen LogP contribution in [-0.4, -0.2) is 24.0 Å². The summed E-state index contributed by atoms with van der Waals surface area (Å²) in [5, 5.41) is 0. The van der Waals surface area contributed by atoms with Gasteiger partial charge >= 0.3 is 0 Å². The Balaban J connectivity index is 1.62. The molecule has 0 atom stereocenters. The van der Waals surface area contributed by atoms with Crippen molar-refractivity contribution in [2.75, 3.05) is 18.0 Å². The Hall–Kier alpha value is -2.40. The van der Waals surface area contributed by atoms with Gasteiger partial charge in [0.1, 0.15) is 5.82 Å². The average molecular weight is 297 g/mol. The lowest BCUT2D eigenvalue weighted by atomic mass is 10.2. The van der Waals surface area contributed by atoms with Gasteiger partial charge in [0.05, 0.1) is 12.2 Å². The molecule has 1 aliphatic rings. The molecule has 5 heteroatoms. The van der Waals surface area contributed by atoms with Gasteiger partial charge in [-0.3, -0.25) is 9.63 Å². The summed E-state index contributed by atoms with van der Waals surface area (Å²) in [6.07, 6.45) is 4.00. The van der Waals surface area contributed by atoms with Crippen molar-refractivity contribution < 1.29 is 9.63 Å². The van der Waals surface area contributed by atoms with Crippen LogP contribution >= 0.6 is 0 Å². The van der Waals surface area contributed by atoms with E-state index in [0.717, 1.165) is 37.3 Å². The minimum atomic E-state index is -0.258. The summed E-state index contributed by atoms with van der Waals surface area (Å²) in [4.78, 5) is 24.1. The number of nitrogens with zero attached hydrogens (tertiary/aromatic N) is 2. The molecule has 3 rings (SSSR count). The number of carbonyl (C=O) groups excluding carboxylic acids is 1. The van der Waals surface area contributed by atoms with Crippen molar-refractivity contribution in [2.24, 2.45) is 0 Å². The number of anilines is 1. The maximum atomic E-state index is 12.3. The zero-order valence-electron chi connectivity index (χ0n) is 12.4. The van der Waals surface area contributed by atoms with Gasteiger partial charge in [0.15, 0.2) is 0 Å². The molecule has 1 N–H and O–H groups in total. The lowest BCUT2D eigenvalue weighted by molar-refractivity contribution is 0.0234. The van der Waals surface area contributed by atoms with Crippen molar-refractivity contribution in [3.8, 4) is 0 Å². The van der Waals surface area contributed by atoms with Gasteiger partial charge < -0.3 is 4.90 Å². The van der Waals surface area contributed by atoms with Crippen LogP contribution in [-0.2, 0) is 11.4 Å². The lowest BCUT2D eigenvalue weighted by Gasteiger charge is -2.19. The molecule has 2 heterocycles. The van der Waals surface area contributed by atoms with E-state index < -0.39 is 0 Å². The predicted octanol–water partition coefficient (Wildman–Crippen LogP) is 2.54. The molecular formula is C17H19N3O2. The first-order valence-corrected chi connectivity index (χ1v) is 7.50. The van der Waals surface area contributed by atoms with E-state index in [9.17, 15) is 4.79 Å². The van der Waals surface area contributed by atoms with Gasteiger partial charge in [0.2, 0.25) is 0 Å². The highest BCUT2D eigenvalue weighted by molar-refractivity contribution is 5.98. The summed E-state index contributed by atoms with van der Waals surface area (Å²) in [7, 11) is 0. The number of hydrogen-bond acceptors (Lipinski definition) is 4. The van der Waals surface area contributed by atoms with Crippen molar-refractivity contribution in [1.29, 1.82) is 0 Å². The van der Waals surface area contributed by atoms with Crippen LogP contribution < -0.4 is 10.4 Å². The number of nitrogens with one attached hydrogen (secondary N) is 1. The number of amides is 1. The number of aromatic nitrogens is 1. The maximum Gasteiger partial charge on any atom is 0.278 e. The quantitative estimate of drug-likeness (QED) is 0.862. The molecule has 5 nitrogen and oxygen atoms in total. The summed E-state index contributed by atoms with van der Waals surface area (Å²) in [6.45, 7) is 2.23. The van der Waals surface area contributed by atoms with Crippen molar-refractivity contribution >= 4 is 11.7 Å². The molecule has 22 heavy (non-hydrogen) atoms. The van der Waals surface area contributed by atoms with Crippen LogP contribution in [0.1, 0.15) is 28.8 Å². The molecule has 2 aromatic rings. The van der Waals surface area contributed by atoms with Crippen molar-refractivity contribution in [3.05, 3.63) is 59.8 Å².